The average Bonchev–Trinajstić information content (AvgIpc) is 3.05. The molecule has 2 bridgehead atoms. The Morgan fingerprint density at radius 2 is 1.85 bits per heavy atom. The number of fused-ring (bicyclic) bond motifs is 3. The molecule has 2 saturated heterocycles. The molecule has 3 aromatic rings. The lowest BCUT2D eigenvalue weighted by molar-refractivity contribution is -0.124. The zero-order chi connectivity index (χ0) is 32.9. The standard InChI is InChI=1S/C37H48ClN7O2/c1-22-20-44(21-33(46)40-22)36(43-31-18-26-17-30(23(31)2)37(26,3)4)41-28-9-10-29-32(19-28)42-34(25-11-14-39-15-12-25)45(35(29)47)16-13-24-5-7-27(38)8-6-24/h5-10,19,22-23,25-26,30-31,39H,11-18,20-21H2,1-4H3,(H,40,46)(H,41,43)/t22-,23-,26+,30-,31?/m0/s1. The van der Waals surface area contributed by atoms with Crippen molar-refractivity contribution in [2.75, 3.05) is 31.5 Å². The molecule has 250 valence electrons. The molecule has 5 atom stereocenters. The van der Waals surface area contributed by atoms with Crippen molar-refractivity contribution in [3.63, 3.8) is 0 Å². The number of piperidine rings is 1. The number of aromatic nitrogens is 2. The highest BCUT2D eigenvalue weighted by Gasteiger charge is 2.56. The van der Waals surface area contributed by atoms with Crippen molar-refractivity contribution in [3.05, 3.63) is 69.2 Å². The Labute approximate surface area is 282 Å². The third-order valence-corrected chi connectivity index (χ3v) is 11.9. The number of aryl methyl sites for hydroxylation is 1. The second-order valence-corrected chi connectivity index (χ2v) is 15.4. The summed E-state index contributed by atoms with van der Waals surface area (Å²) in [7, 11) is 0. The van der Waals surface area contributed by atoms with Crippen LogP contribution in [0.5, 0.6) is 0 Å². The topological polar surface area (TPSA) is 104 Å². The highest BCUT2D eigenvalue weighted by atomic mass is 35.5. The average molecular weight is 658 g/mol. The summed E-state index contributed by atoms with van der Waals surface area (Å²) in [5, 5.41) is 11.4. The molecule has 10 heteroatoms. The fourth-order valence-electron chi connectivity index (χ4n) is 8.68. The highest BCUT2D eigenvalue weighted by molar-refractivity contribution is 6.30. The molecular weight excluding hydrogens is 610 g/mol. The van der Waals surface area contributed by atoms with Crippen molar-refractivity contribution in [1.29, 1.82) is 0 Å². The van der Waals surface area contributed by atoms with Crippen LogP contribution < -0.4 is 21.5 Å². The van der Waals surface area contributed by atoms with Gasteiger partial charge in [-0.1, -0.05) is 44.5 Å². The second kappa shape index (κ2) is 12.9. The molecule has 3 saturated carbocycles. The van der Waals surface area contributed by atoms with Crippen molar-refractivity contribution in [1.82, 2.24) is 25.1 Å². The molecule has 5 aliphatic rings. The van der Waals surface area contributed by atoms with Gasteiger partial charge in [-0.2, -0.15) is 0 Å². The molecule has 8 rings (SSSR count). The van der Waals surface area contributed by atoms with Gasteiger partial charge in [0.05, 0.1) is 23.5 Å². The number of benzene rings is 2. The van der Waals surface area contributed by atoms with Crippen LogP contribution in [0.25, 0.3) is 10.9 Å². The quantitative estimate of drug-likeness (QED) is 0.242. The predicted molar refractivity (Wildman–Crippen MR) is 189 cm³/mol. The minimum Gasteiger partial charge on any atom is -0.350 e. The van der Waals surface area contributed by atoms with E-state index in [0.717, 1.165) is 61.8 Å². The number of carbonyl (C=O) groups excluding carboxylic acids is 1. The van der Waals surface area contributed by atoms with Gasteiger partial charge in [-0.25, -0.2) is 9.98 Å². The first-order chi connectivity index (χ1) is 22.6. The summed E-state index contributed by atoms with van der Waals surface area (Å²) < 4.78 is 1.90. The first-order valence-corrected chi connectivity index (χ1v) is 17.8. The van der Waals surface area contributed by atoms with E-state index in [4.69, 9.17) is 21.6 Å². The zero-order valence-electron chi connectivity index (χ0n) is 28.1. The summed E-state index contributed by atoms with van der Waals surface area (Å²) >= 11 is 6.12. The van der Waals surface area contributed by atoms with Crippen LogP contribution in [0.3, 0.4) is 0 Å². The van der Waals surface area contributed by atoms with Gasteiger partial charge in [0.15, 0.2) is 5.96 Å². The Balaban J connectivity index is 1.22. The SMILES string of the molecule is C[C@@H]1C(/N=C(/Nc2ccc3c(=O)n(CCc4ccc(Cl)cc4)c(C4CCNCC4)nc3c2)N2CC(=O)N[C@@H](C)C2)C[C@H]2C[C@@H]1C2(C)C. The third-order valence-electron chi connectivity index (χ3n) is 11.6. The van der Waals surface area contributed by atoms with E-state index in [1.807, 2.05) is 54.0 Å². The molecule has 0 spiro atoms. The molecule has 5 fully saturated rings. The van der Waals surface area contributed by atoms with Crippen LogP contribution in [0.4, 0.5) is 5.69 Å². The number of halogens is 1. The molecule has 1 amide bonds. The summed E-state index contributed by atoms with van der Waals surface area (Å²) in [6.45, 7) is 12.5. The van der Waals surface area contributed by atoms with Gasteiger partial charge in [0.1, 0.15) is 5.82 Å². The lowest BCUT2D eigenvalue weighted by atomic mass is 9.45. The Bertz CT molecular complexity index is 1730. The van der Waals surface area contributed by atoms with Crippen molar-refractivity contribution < 1.29 is 4.79 Å². The monoisotopic (exact) mass is 657 g/mol. The summed E-state index contributed by atoms with van der Waals surface area (Å²) in [4.78, 5) is 39.4. The Morgan fingerprint density at radius 1 is 1.09 bits per heavy atom. The first kappa shape index (κ1) is 32.1. The lowest BCUT2D eigenvalue weighted by Gasteiger charge is -2.61. The summed E-state index contributed by atoms with van der Waals surface area (Å²) in [5.41, 5.74) is 3.02. The number of aliphatic imine (C=N–C) groups is 1. The highest BCUT2D eigenvalue weighted by Crippen LogP contribution is 2.61. The van der Waals surface area contributed by atoms with E-state index in [2.05, 4.69) is 41.6 Å². The number of amides is 1. The smallest absolute Gasteiger partial charge is 0.261 e. The summed E-state index contributed by atoms with van der Waals surface area (Å²) in [5.74, 6) is 3.64. The van der Waals surface area contributed by atoms with Crippen LogP contribution in [0.2, 0.25) is 5.02 Å². The molecule has 3 N–H and O–H groups in total. The molecule has 3 heterocycles. The van der Waals surface area contributed by atoms with Gasteiger partial charge in [0.25, 0.3) is 5.56 Å². The first-order valence-electron chi connectivity index (χ1n) is 17.5. The molecular formula is C37H48ClN7O2. The van der Waals surface area contributed by atoms with E-state index >= 15 is 0 Å². The molecule has 0 radical (unpaired) electrons. The van der Waals surface area contributed by atoms with Crippen LogP contribution in [0.1, 0.15) is 70.7 Å². The van der Waals surface area contributed by atoms with Crippen molar-refractivity contribution in [2.45, 2.75) is 84.3 Å². The normalized spacial score (nSPS) is 27.8. The fraction of sp³-hybridized carbons (Fsp3) is 0.568. The van der Waals surface area contributed by atoms with Gasteiger partial charge in [-0.3, -0.25) is 14.2 Å². The minimum absolute atomic E-state index is 0.00247. The van der Waals surface area contributed by atoms with Gasteiger partial charge >= 0.3 is 0 Å². The van der Waals surface area contributed by atoms with E-state index in [1.54, 1.807) is 0 Å². The summed E-state index contributed by atoms with van der Waals surface area (Å²) in [6.07, 6.45) is 4.98. The molecule has 3 aliphatic carbocycles. The van der Waals surface area contributed by atoms with E-state index in [-0.39, 0.29) is 36.0 Å². The van der Waals surface area contributed by atoms with Crippen LogP contribution in [-0.4, -0.2) is 64.6 Å². The Morgan fingerprint density at radius 3 is 2.55 bits per heavy atom. The van der Waals surface area contributed by atoms with Crippen LogP contribution >= 0.6 is 11.6 Å². The number of nitrogens with zero attached hydrogens (tertiary/aromatic N) is 4. The number of guanidine groups is 1. The number of hydrogen-bond donors (Lipinski definition) is 3. The Kier molecular flexibility index (Phi) is 8.81. The second-order valence-electron chi connectivity index (χ2n) is 15.0. The van der Waals surface area contributed by atoms with Crippen LogP contribution in [0, 0.1) is 23.2 Å². The lowest BCUT2D eigenvalue weighted by Crippen LogP contribution is -2.58. The molecule has 47 heavy (non-hydrogen) atoms. The number of hydrogen-bond acceptors (Lipinski definition) is 5. The number of piperazine rings is 1. The predicted octanol–water partition coefficient (Wildman–Crippen LogP) is 5.42. The molecule has 2 aliphatic heterocycles. The van der Waals surface area contributed by atoms with Gasteiger partial charge in [0, 0.05) is 35.8 Å². The number of rotatable bonds is 6. The van der Waals surface area contributed by atoms with Crippen molar-refractivity contribution in [3.8, 4) is 0 Å². The molecule has 1 unspecified atom stereocenters. The minimum atomic E-state index is -0.00247. The largest absolute Gasteiger partial charge is 0.350 e. The van der Waals surface area contributed by atoms with Crippen molar-refractivity contribution in [2.24, 2.45) is 28.2 Å². The van der Waals surface area contributed by atoms with Gasteiger partial charge in [-0.15, -0.1) is 0 Å². The summed E-state index contributed by atoms with van der Waals surface area (Å²) in [6, 6.07) is 13.9. The van der Waals surface area contributed by atoms with E-state index in [1.165, 1.54) is 6.42 Å². The maximum Gasteiger partial charge on any atom is 0.261 e. The van der Waals surface area contributed by atoms with Crippen LogP contribution in [0.15, 0.2) is 52.3 Å². The van der Waals surface area contributed by atoms with E-state index < -0.39 is 0 Å². The molecule has 1 aromatic heterocycles. The van der Waals surface area contributed by atoms with Gasteiger partial charge in [-0.05, 0) is 111 Å². The van der Waals surface area contributed by atoms with E-state index in [0.29, 0.717) is 52.2 Å². The number of nitrogens with one attached hydrogen (secondary N) is 3. The maximum absolute atomic E-state index is 14.1. The maximum atomic E-state index is 14.1. The van der Waals surface area contributed by atoms with Gasteiger partial charge < -0.3 is 20.9 Å². The molecule has 9 nitrogen and oxygen atoms in total. The Hall–Kier alpha value is -3.43. The molecule has 2 aromatic carbocycles. The zero-order valence-corrected chi connectivity index (χ0v) is 28.8. The van der Waals surface area contributed by atoms with Crippen LogP contribution in [-0.2, 0) is 17.8 Å². The van der Waals surface area contributed by atoms with Gasteiger partial charge in [0.2, 0.25) is 5.91 Å². The van der Waals surface area contributed by atoms with Crippen molar-refractivity contribution >= 4 is 40.1 Å². The van der Waals surface area contributed by atoms with E-state index in [9.17, 15) is 9.59 Å². The number of anilines is 1. The third kappa shape index (κ3) is 6.41. The fourth-order valence-corrected chi connectivity index (χ4v) is 8.81. The number of carbonyl (C=O) groups is 1.